The van der Waals surface area contributed by atoms with E-state index >= 15 is 0 Å². The van der Waals surface area contributed by atoms with Crippen LogP contribution < -0.4 is 28.3 Å². The number of nitrogens with one attached hydrogen (secondary N) is 1. The zero-order chi connectivity index (χ0) is 43.6. The lowest BCUT2D eigenvalue weighted by Crippen LogP contribution is -2.44. The molecule has 0 aliphatic rings. The van der Waals surface area contributed by atoms with Crippen molar-refractivity contribution < 1.29 is 28.7 Å². The summed E-state index contributed by atoms with van der Waals surface area (Å²) in [6.45, 7) is 7.29. The number of nitrogens with zero attached hydrogens (tertiary/aromatic N) is 2. The van der Waals surface area contributed by atoms with Crippen molar-refractivity contribution in [1.29, 1.82) is 0 Å². The van der Waals surface area contributed by atoms with Gasteiger partial charge in [-0.1, -0.05) is 115 Å². The van der Waals surface area contributed by atoms with Gasteiger partial charge in [-0.05, 0) is 83.5 Å². The summed E-state index contributed by atoms with van der Waals surface area (Å²) >= 11 is 0. The normalized spacial score (nSPS) is 12.4. The molecule has 2 amide bonds. The minimum absolute atomic E-state index is 0.0204. The fraction of sp³-hybridized carbons (Fsp3) is 0.804. The van der Waals surface area contributed by atoms with E-state index in [9.17, 15) is 19.2 Å². The summed E-state index contributed by atoms with van der Waals surface area (Å²) in [5.41, 5.74) is 23.1. The maximum atomic E-state index is 13.5. The molecule has 0 bridgehead atoms. The van der Waals surface area contributed by atoms with Gasteiger partial charge in [0, 0.05) is 39.0 Å². The molecule has 0 aliphatic heterocycles. The van der Waals surface area contributed by atoms with Crippen LogP contribution in [0.5, 0.6) is 0 Å². The lowest BCUT2D eigenvalue weighted by Gasteiger charge is -2.26. The topological polar surface area (TPSA) is 218 Å². The molecule has 0 aromatic carbocycles. The Balaban J connectivity index is 4.59. The lowest BCUT2D eigenvalue weighted by atomic mass is 10.1. The van der Waals surface area contributed by atoms with Gasteiger partial charge in [-0.3, -0.25) is 24.2 Å². The monoisotopic (exact) mass is 834 g/mol. The fourth-order valence-corrected chi connectivity index (χ4v) is 6.55. The van der Waals surface area contributed by atoms with E-state index in [1.54, 1.807) is 0 Å². The Kier molecular flexibility index (Phi) is 38.9. The highest BCUT2D eigenvalue weighted by Crippen LogP contribution is 2.13. The van der Waals surface area contributed by atoms with E-state index in [0.717, 1.165) is 77.0 Å². The molecule has 342 valence electrons. The molecule has 2 atom stereocenters. The predicted molar refractivity (Wildman–Crippen MR) is 242 cm³/mol. The highest BCUT2D eigenvalue weighted by molar-refractivity contribution is 5.82. The van der Waals surface area contributed by atoms with Gasteiger partial charge in [0.2, 0.25) is 11.8 Å². The number of hydrogen-bond acceptors (Lipinski definition) is 9. The number of carbonyl (C=O) groups is 4. The summed E-state index contributed by atoms with van der Waals surface area (Å²) in [7, 11) is 0. The molecule has 59 heavy (non-hydrogen) atoms. The number of ether oxygens (including phenoxy) is 2. The van der Waals surface area contributed by atoms with E-state index < -0.39 is 12.1 Å². The summed E-state index contributed by atoms with van der Waals surface area (Å²) in [6.07, 6.45) is 33.0. The highest BCUT2D eigenvalue weighted by Gasteiger charge is 2.20. The largest absolute Gasteiger partial charge is 0.461 e. The van der Waals surface area contributed by atoms with Crippen molar-refractivity contribution in [2.24, 2.45) is 27.9 Å². The average molecular weight is 834 g/mol. The Morgan fingerprint density at radius 3 is 1.56 bits per heavy atom. The van der Waals surface area contributed by atoms with Gasteiger partial charge in [-0.25, -0.2) is 0 Å². The maximum Gasteiger partial charge on any atom is 0.306 e. The molecule has 0 aromatic heterocycles. The number of nitrogens with two attached hydrogens (primary N) is 4. The summed E-state index contributed by atoms with van der Waals surface area (Å²) < 4.78 is 10.7. The second-order valence-corrected chi connectivity index (χ2v) is 15.8. The van der Waals surface area contributed by atoms with Crippen LogP contribution in [0.2, 0.25) is 0 Å². The Morgan fingerprint density at radius 2 is 1.05 bits per heavy atom. The SMILES string of the molecule is CCCCCC/C=C\COC(=O)CCCCCCCN(CCCCCCCC(=O)OC/C=C\CCCCCC)C(=O)C(N)CCCCNC(=O)C(N)CCCN=C(N)N. The van der Waals surface area contributed by atoms with Crippen LogP contribution in [0.15, 0.2) is 29.3 Å². The summed E-state index contributed by atoms with van der Waals surface area (Å²) in [5, 5.41) is 2.87. The second kappa shape index (κ2) is 41.3. The fourth-order valence-electron chi connectivity index (χ4n) is 6.55. The van der Waals surface area contributed by atoms with Crippen LogP contribution in [0, 0.1) is 0 Å². The first-order valence-electron chi connectivity index (χ1n) is 23.4. The molecule has 2 unspecified atom stereocenters. The molecule has 0 heterocycles. The summed E-state index contributed by atoms with van der Waals surface area (Å²) in [5.74, 6) is -0.526. The van der Waals surface area contributed by atoms with Gasteiger partial charge in [0.15, 0.2) is 5.96 Å². The summed E-state index contributed by atoms with van der Waals surface area (Å²) in [4.78, 5) is 55.8. The molecule has 0 saturated carbocycles. The highest BCUT2D eigenvalue weighted by atomic mass is 16.5. The molecule has 0 spiro atoms. The molecular formula is C46H87N7O6. The van der Waals surface area contributed by atoms with Crippen LogP contribution >= 0.6 is 0 Å². The molecule has 0 rings (SSSR count). The minimum Gasteiger partial charge on any atom is -0.461 e. The van der Waals surface area contributed by atoms with Crippen molar-refractivity contribution in [3.05, 3.63) is 24.3 Å². The lowest BCUT2D eigenvalue weighted by molar-refractivity contribution is -0.143. The summed E-state index contributed by atoms with van der Waals surface area (Å²) in [6, 6.07) is -1.23. The number of carbonyl (C=O) groups excluding carboxylic acids is 4. The van der Waals surface area contributed by atoms with Gasteiger partial charge < -0.3 is 42.6 Å². The quantitative estimate of drug-likeness (QED) is 0.0133. The number of rotatable bonds is 41. The Hall–Kier alpha value is -3.45. The van der Waals surface area contributed by atoms with E-state index in [4.69, 9.17) is 32.4 Å². The number of hydrogen-bond donors (Lipinski definition) is 5. The Morgan fingerprint density at radius 1 is 0.576 bits per heavy atom. The van der Waals surface area contributed by atoms with Crippen LogP contribution in [0.3, 0.4) is 0 Å². The smallest absolute Gasteiger partial charge is 0.306 e. The zero-order valence-electron chi connectivity index (χ0n) is 37.5. The minimum atomic E-state index is -0.626. The van der Waals surface area contributed by atoms with E-state index in [2.05, 4.69) is 36.3 Å². The van der Waals surface area contributed by atoms with Crippen molar-refractivity contribution in [3.63, 3.8) is 0 Å². The van der Waals surface area contributed by atoms with Crippen molar-refractivity contribution in [2.45, 2.75) is 199 Å². The number of unbranched alkanes of at least 4 members (excludes halogenated alkanes) is 17. The van der Waals surface area contributed by atoms with E-state index in [0.29, 0.717) is 84.3 Å². The third kappa shape index (κ3) is 37.3. The standard InChI is InChI=1S/C46H87N7O6/c1-3-5-7-9-11-19-27-38-58-42(54)32-21-15-13-17-25-36-53(37-26-18-14-16-22-33-43(55)59-39-28-20-12-10-8-6-4-2)45(57)41(48)30-23-24-34-51-44(56)40(47)31-29-35-52-46(49)50/h19-20,27-28,40-41H,3-18,21-26,29-39,47-48H2,1-2H3,(H,51,56)(H4,49,50,52)/b27-19-,28-20-. The van der Waals surface area contributed by atoms with Crippen LogP contribution in [-0.4, -0.2) is 86.1 Å². The van der Waals surface area contributed by atoms with Crippen LogP contribution in [0.25, 0.3) is 0 Å². The third-order valence-electron chi connectivity index (χ3n) is 10.3. The molecule has 0 aromatic rings. The maximum absolute atomic E-state index is 13.5. The number of allylic oxidation sites excluding steroid dienone is 2. The zero-order valence-corrected chi connectivity index (χ0v) is 37.5. The van der Waals surface area contributed by atoms with Gasteiger partial charge in [0.25, 0.3) is 0 Å². The third-order valence-corrected chi connectivity index (χ3v) is 10.3. The van der Waals surface area contributed by atoms with Crippen LogP contribution in [0.1, 0.15) is 187 Å². The molecular weight excluding hydrogens is 747 g/mol. The molecule has 0 radical (unpaired) electrons. The number of guanidine groups is 1. The van der Waals surface area contributed by atoms with Crippen LogP contribution in [0.4, 0.5) is 0 Å². The van der Waals surface area contributed by atoms with Crippen molar-refractivity contribution in [1.82, 2.24) is 10.2 Å². The Labute approximate surface area is 358 Å². The first-order valence-corrected chi connectivity index (χ1v) is 23.4. The first kappa shape index (κ1) is 55.5. The first-order chi connectivity index (χ1) is 28.6. The average Bonchev–Trinajstić information content (AvgIpc) is 3.22. The van der Waals surface area contributed by atoms with E-state index in [-0.39, 0.29) is 29.7 Å². The molecule has 0 fully saturated rings. The molecule has 9 N–H and O–H groups in total. The molecule has 0 aliphatic carbocycles. The molecule has 13 heteroatoms. The number of esters is 2. The van der Waals surface area contributed by atoms with Gasteiger partial charge in [0.1, 0.15) is 13.2 Å². The van der Waals surface area contributed by atoms with Gasteiger partial charge in [-0.15, -0.1) is 0 Å². The van der Waals surface area contributed by atoms with Crippen molar-refractivity contribution >= 4 is 29.7 Å². The molecule has 0 saturated heterocycles. The van der Waals surface area contributed by atoms with Gasteiger partial charge in [-0.2, -0.15) is 0 Å². The molecule has 13 nitrogen and oxygen atoms in total. The van der Waals surface area contributed by atoms with Gasteiger partial charge >= 0.3 is 11.9 Å². The number of aliphatic imine (C=N–C) groups is 1. The van der Waals surface area contributed by atoms with Gasteiger partial charge in [0.05, 0.1) is 12.1 Å². The van der Waals surface area contributed by atoms with E-state index in [1.165, 1.54) is 51.4 Å². The Bertz CT molecular complexity index is 1090. The predicted octanol–water partition coefficient (Wildman–Crippen LogP) is 7.63. The van der Waals surface area contributed by atoms with Crippen molar-refractivity contribution in [3.8, 4) is 0 Å². The number of amides is 2. The second-order valence-electron chi connectivity index (χ2n) is 15.8. The van der Waals surface area contributed by atoms with Crippen LogP contribution in [-0.2, 0) is 28.7 Å². The van der Waals surface area contributed by atoms with E-state index in [1.807, 2.05) is 17.1 Å². The van der Waals surface area contributed by atoms with Crippen molar-refractivity contribution in [2.75, 3.05) is 39.4 Å².